The molecule has 1 aliphatic rings. The first kappa shape index (κ1) is 13.8. The second-order valence-electron chi connectivity index (χ2n) is 4.82. The van der Waals surface area contributed by atoms with E-state index in [1.807, 2.05) is 11.9 Å². The van der Waals surface area contributed by atoms with Crippen LogP contribution < -0.4 is 4.74 Å². The number of amides is 1. The number of hydrogen-bond donors (Lipinski definition) is 0. The maximum absolute atomic E-state index is 13.2. The lowest BCUT2D eigenvalue weighted by atomic mass is 10.1. The lowest BCUT2D eigenvalue weighted by Gasteiger charge is -2.32. The highest BCUT2D eigenvalue weighted by Crippen LogP contribution is 2.20. The maximum Gasteiger partial charge on any atom is 0.227 e. The van der Waals surface area contributed by atoms with Gasteiger partial charge in [0.2, 0.25) is 5.91 Å². The zero-order valence-electron chi connectivity index (χ0n) is 11.4. The van der Waals surface area contributed by atoms with Crippen molar-refractivity contribution in [3.63, 3.8) is 0 Å². The van der Waals surface area contributed by atoms with Gasteiger partial charge in [-0.05, 0) is 25.2 Å². The number of hydrogen-bond acceptors (Lipinski definition) is 3. The molecule has 0 aromatic heterocycles. The number of rotatable bonds is 3. The van der Waals surface area contributed by atoms with Crippen LogP contribution in [-0.2, 0) is 11.2 Å². The van der Waals surface area contributed by atoms with Gasteiger partial charge >= 0.3 is 0 Å². The molecule has 5 heteroatoms. The van der Waals surface area contributed by atoms with Crippen molar-refractivity contribution in [2.45, 2.75) is 6.42 Å². The summed E-state index contributed by atoms with van der Waals surface area (Å²) in [5.74, 6) is 0.239. The molecule has 0 aliphatic carbocycles. The molecule has 0 saturated carbocycles. The Balaban J connectivity index is 2.04. The highest BCUT2D eigenvalue weighted by Gasteiger charge is 2.20. The molecule has 1 saturated heterocycles. The van der Waals surface area contributed by atoms with Gasteiger partial charge in [0.25, 0.3) is 0 Å². The smallest absolute Gasteiger partial charge is 0.227 e. The number of carbonyl (C=O) groups excluding carboxylic acids is 1. The van der Waals surface area contributed by atoms with Gasteiger partial charge in [0, 0.05) is 31.7 Å². The fourth-order valence-corrected chi connectivity index (χ4v) is 2.22. The van der Waals surface area contributed by atoms with E-state index in [1.54, 1.807) is 6.07 Å². The van der Waals surface area contributed by atoms with Crippen LogP contribution in [0, 0.1) is 5.82 Å². The van der Waals surface area contributed by atoms with Gasteiger partial charge in [-0.25, -0.2) is 4.39 Å². The molecule has 1 aromatic carbocycles. The monoisotopic (exact) mass is 266 g/mol. The largest absolute Gasteiger partial charge is 0.496 e. The number of nitrogens with zero attached hydrogens (tertiary/aromatic N) is 2. The van der Waals surface area contributed by atoms with E-state index in [1.165, 1.54) is 19.2 Å². The molecule has 0 bridgehead atoms. The second kappa shape index (κ2) is 6.02. The summed E-state index contributed by atoms with van der Waals surface area (Å²) >= 11 is 0. The van der Waals surface area contributed by atoms with Crippen LogP contribution in [0.25, 0.3) is 0 Å². The van der Waals surface area contributed by atoms with E-state index in [-0.39, 0.29) is 18.1 Å². The van der Waals surface area contributed by atoms with E-state index in [0.29, 0.717) is 11.3 Å². The third kappa shape index (κ3) is 3.44. The van der Waals surface area contributed by atoms with E-state index < -0.39 is 0 Å². The molecule has 0 unspecified atom stereocenters. The minimum absolute atomic E-state index is 0.0250. The normalized spacial score (nSPS) is 16.5. The van der Waals surface area contributed by atoms with Gasteiger partial charge in [0.15, 0.2) is 0 Å². The minimum atomic E-state index is -0.345. The van der Waals surface area contributed by atoms with Crippen molar-refractivity contribution >= 4 is 5.91 Å². The van der Waals surface area contributed by atoms with Gasteiger partial charge in [0.05, 0.1) is 13.5 Å². The molecule has 0 atom stereocenters. The predicted octanol–water partition coefficient (Wildman–Crippen LogP) is 1.15. The molecular formula is C14H19FN2O2. The Morgan fingerprint density at radius 2 is 2.00 bits per heavy atom. The zero-order valence-corrected chi connectivity index (χ0v) is 11.4. The Morgan fingerprint density at radius 3 is 2.63 bits per heavy atom. The number of ether oxygens (including phenoxy) is 1. The Labute approximate surface area is 112 Å². The lowest BCUT2D eigenvalue weighted by molar-refractivity contribution is -0.132. The van der Waals surface area contributed by atoms with Crippen LogP contribution in [0.4, 0.5) is 4.39 Å². The second-order valence-corrected chi connectivity index (χ2v) is 4.82. The summed E-state index contributed by atoms with van der Waals surface area (Å²) in [4.78, 5) is 16.2. The molecule has 1 aliphatic heterocycles. The van der Waals surface area contributed by atoms with Crippen molar-refractivity contribution in [1.29, 1.82) is 0 Å². The first-order valence-corrected chi connectivity index (χ1v) is 6.39. The molecule has 104 valence electrons. The van der Waals surface area contributed by atoms with Gasteiger partial charge in [-0.1, -0.05) is 0 Å². The van der Waals surface area contributed by atoms with Crippen LogP contribution in [0.5, 0.6) is 5.75 Å². The standard InChI is InChI=1S/C14H19FN2O2/c1-16-5-7-17(8-6-16)14(18)10-11-9-12(15)3-4-13(11)19-2/h3-4,9H,5-8,10H2,1-2H3. The van der Waals surface area contributed by atoms with Crippen molar-refractivity contribution in [2.75, 3.05) is 40.3 Å². The molecule has 4 nitrogen and oxygen atoms in total. The summed E-state index contributed by atoms with van der Waals surface area (Å²) in [6.45, 7) is 3.22. The molecule has 1 aromatic rings. The highest BCUT2D eigenvalue weighted by molar-refractivity contribution is 5.79. The molecule has 2 rings (SSSR count). The van der Waals surface area contributed by atoms with Crippen molar-refractivity contribution in [3.05, 3.63) is 29.6 Å². The Morgan fingerprint density at radius 1 is 1.32 bits per heavy atom. The summed E-state index contributed by atoms with van der Waals surface area (Å²) in [6, 6.07) is 4.26. The summed E-state index contributed by atoms with van der Waals surface area (Å²) in [5, 5.41) is 0. The average Bonchev–Trinajstić information content (AvgIpc) is 2.39. The summed E-state index contributed by atoms with van der Waals surface area (Å²) < 4.78 is 18.4. The van der Waals surface area contributed by atoms with Crippen LogP contribution >= 0.6 is 0 Å². The molecule has 0 radical (unpaired) electrons. The topological polar surface area (TPSA) is 32.8 Å². The van der Waals surface area contributed by atoms with Gasteiger partial charge < -0.3 is 14.5 Å². The van der Waals surface area contributed by atoms with Gasteiger partial charge in [-0.2, -0.15) is 0 Å². The Bertz CT molecular complexity index is 457. The van der Waals surface area contributed by atoms with Crippen LogP contribution in [0.3, 0.4) is 0 Å². The SMILES string of the molecule is COc1ccc(F)cc1CC(=O)N1CCN(C)CC1. The molecule has 0 N–H and O–H groups in total. The van der Waals surface area contributed by atoms with Crippen molar-refractivity contribution in [3.8, 4) is 5.75 Å². The van der Waals surface area contributed by atoms with Crippen LogP contribution in [-0.4, -0.2) is 56.0 Å². The maximum atomic E-state index is 13.2. The fraction of sp³-hybridized carbons (Fsp3) is 0.500. The summed E-state index contributed by atoms with van der Waals surface area (Å²) in [5.41, 5.74) is 0.603. The molecular weight excluding hydrogens is 247 g/mol. The van der Waals surface area contributed by atoms with Crippen molar-refractivity contribution in [2.24, 2.45) is 0 Å². The van der Waals surface area contributed by atoms with Gasteiger partial charge in [-0.3, -0.25) is 4.79 Å². The number of benzene rings is 1. The molecule has 1 heterocycles. The van der Waals surface area contributed by atoms with Gasteiger partial charge in [-0.15, -0.1) is 0 Å². The van der Waals surface area contributed by atoms with E-state index in [4.69, 9.17) is 4.74 Å². The highest BCUT2D eigenvalue weighted by atomic mass is 19.1. The number of methoxy groups -OCH3 is 1. The first-order valence-electron chi connectivity index (χ1n) is 6.39. The minimum Gasteiger partial charge on any atom is -0.496 e. The van der Waals surface area contributed by atoms with Crippen LogP contribution in [0.15, 0.2) is 18.2 Å². The fourth-order valence-electron chi connectivity index (χ4n) is 2.22. The molecule has 1 fully saturated rings. The molecule has 0 spiro atoms. The third-order valence-corrected chi connectivity index (χ3v) is 3.44. The van der Waals surface area contributed by atoms with E-state index >= 15 is 0 Å². The number of halogens is 1. The first-order chi connectivity index (χ1) is 9.10. The van der Waals surface area contributed by atoms with E-state index in [0.717, 1.165) is 26.2 Å². The summed E-state index contributed by atoms with van der Waals surface area (Å²) in [6.07, 6.45) is 0.185. The average molecular weight is 266 g/mol. The van der Waals surface area contributed by atoms with E-state index in [2.05, 4.69) is 4.90 Å². The number of carbonyl (C=O) groups is 1. The lowest BCUT2D eigenvalue weighted by Crippen LogP contribution is -2.47. The molecule has 1 amide bonds. The quantitative estimate of drug-likeness (QED) is 0.823. The number of likely N-dealkylation sites (N-methyl/N-ethyl adjacent to an activating group) is 1. The Kier molecular flexibility index (Phi) is 4.37. The molecule has 19 heavy (non-hydrogen) atoms. The van der Waals surface area contributed by atoms with Crippen molar-refractivity contribution < 1.29 is 13.9 Å². The van der Waals surface area contributed by atoms with Crippen LogP contribution in [0.2, 0.25) is 0 Å². The van der Waals surface area contributed by atoms with E-state index in [9.17, 15) is 9.18 Å². The summed E-state index contributed by atoms with van der Waals surface area (Å²) in [7, 11) is 3.56. The number of piperazine rings is 1. The third-order valence-electron chi connectivity index (χ3n) is 3.44. The Hall–Kier alpha value is -1.62. The van der Waals surface area contributed by atoms with Crippen LogP contribution in [0.1, 0.15) is 5.56 Å². The van der Waals surface area contributed by atoms with Gasteiger partial charge in [0.1, 0.15) is 11.6 Å². The predicted molar refractivity (Wildman–Crippen MR) is 70.7 cm³/mol. The zero-order chi connectivity index (χ0) is 13.8. The van der Waals surface area contributed by atoms with Crippen molar-refractivity contribution in [1.82, 2.24) is 9.80 Å².